The van der Waals surface area contributed by atoms with E-state index < -0.39 is 0 Å². The number of primary amides is 1. The normalized spacial score (nSPS) is 9.93. The summed E-state index contributed by atoms with van der Waals surface area (Å²) in [5.74, 6) is 0.257. The summed E-state index contributed by atoms with van der Waals surface area (Å²) in [7, 11) is 0. The number of rotatable bonds is 6. The van der Waals surface area contributed by atoms with Crippen molar-refractivity contribution in [3.8, 4) is 5.75 Å². The van der Waals surface area contributed by atoms with E-state index in [1.54, 1.807) is 12.1 Å². The number of halogens is 1. The Hall–Kier alpha value is -1.26. The Morgan fingerprint density at radius 3 is 2.87 bits per heavy atom. The second-order valence-electron chi connectivity index (χ2n) is 2.92. The Labute approximate surface area is 93.4 Å². The van der Waals surface area contributed by atoms with Crippen LogP contribution in [0.4, 0.5) is 0 Å². The average molecular weight is 229 g/mol. The smallest absolute Gasteiger partial charge is 0.231 e. The van der Waals surface area contributed by atoms with Gasteiger partial charge >= 0.3 is 0 Å². The number of hydrogen-bond acceptors (Lipinski definition) is 3. The van der Waals surface area contributed by atoms with Crippen LogP contribution in [0.3, 0.4) is 0 Å². The van der Waals surface area contributed by atoms with E-state index in [2.05, 4.69) is 5.32 Å². The summed E-state index contributed by atoms with van der Waals surface area (Å²) in [6, 6.07) is 7.22. The first kappa shape index (κ1) is 11.8. The minimum atomic E-state index is -0.382. The number of carbonyl (C=O) groups is 1. The Bertz CT molecular complexity index is 331. The van der Waals surface area contributed by atoms with Crippen molar-refractivity contribution in [2.75, 3.05) is 19.7 Å². The summed E-state index contributed by atoms with van der Waals surface area (Å²) < 4.78 is 5.37. The van der Waals surface area contributed by atoms with Gasteiger partial charge in [0, 0.05) is 6.54 Å². The van der Waals surface area contributed by atoms with Crippen molar-refractivity contribution in [3.05, 3.63) is 29.3 Å². The van der Waals surface area contributed by atoms with Crippen LogP contribution in [-0.2, 0) is 4.79 Å². The molecule has 0 aliphatic rings. The van der Waals surface area contributed by atoms with E-state index in [-0.39, 0.29) is 12.5 Å². The number of benzene rings is 1. The number of nitrogens with one attached hydrogen (secondary N) is 1. The number of carbonyl (C=O) groups excluding carboxylic acids is 1. The van der Waals surface area contributed by atoms with E-state index in [4.69, 9.17) is 22.1 Å². The third-order valence-electron chi connectivity index (χ3n) is 1.67. The van der Waals surface area contributed by atoms with Gasteiger partial charge in [-0.15, -0.1) is 0 Å². The van der Waals surface area contributed by atoms with Gasteiger partial charge in [0.25, 0.3) is 0 Å². The van der Waals surface area contributed by atoms with Gasteiger partial charge in [-0.2, -0.15) is 0 Å². The fourth-order valence-corrected chi connectivity index (χ4v) is 1.20. The lowest BCUT2D eigenvalue weighted by Crippen LogP contribution is -2.31. The van der Waals surface area contributed by atoms with Crippen LogP contribution in [0.25, 0.3) is 0 Å². The van der Waals surface area contributed by atoms with Crippen molar-refractivity contribution in [3.63, 3.8) is 0 Å². The Balaban J connectivity index is 2.21. The largest absolute Gasteiger partial charge is 0.491 e. The summed E-state index contributed by atoms with van der Waals surface area (Å²) >= 11 is 5.87. The summed E-state index contributed by atoms with van der Waals surface area (Å²) in [5.41, 5.74) is 4.95. The van der Waals surface area contributed by atoms with Crippen molar-refractivity contribution in [1.29, 1.82) is 0 Å². The maximum Gasteiger partial charge on any atom is 0.231 e. The molecule has 0 heterocycles. The average Bonchev–Trinajstić information content (AvgIpc) is 2.20. The second-order valence-corrected chi connectivity index (χ2v) is 3.33. The van der Waals surface area contributed by atoms with E-state index >= 15 is 0 Å². The molecule has 1 aromatic carbocycles. The van der Waals surface area contributed by atoms with Crippen LogP contribution in [0.2, 0.25) is 5.02 Å². The number of hydrogen-bond donors (Lipinski definition) is 2. The molecule has 0 bridgehead atoms. The van der Waals surface area contributed by atoms with Gasteiger partial charge in [-0.1, -0.05) is 23.7 Å². The molecule has 0 saturated heterocycles. The molecule has 1 amide bonds. The highest BCUT2D eigenvalue weighted by molar-refractivity contribution is 6.32. The van der Waals surface area contributed by atoms with Crippen molar-refractivity contribution < 1.29 is 9.53 Å². The highest BCUT2D eigenvalue weighted by Gasteiger charge is 1.98. The van der Waals surface area contributed by atoms with Gasteiger partial charge in [-0.05, 0) is 12.1 Å². The molecule has 4 nitrogen and oxygen atoms in total. The lowest BCUT2D eigenvalue weighted by atomic mass is 10.3. The maximum atomic E-state index is 10.4. The zero-order valence-corrected chi connectivity index (χ0v) is 8.96. The van der Waals surface area contributed by atoms with E-state index in [1.165, 1.54) is 0 Å². The Kier molecular flexibility index (Phi) is 4.93. The van der Waals surface area contributed by atoms with E-state index in [0.29, 0.717) is 23.9 Å². The summed E-state index contributed by atoms with van der Waals surface area (Å²) in [6.45, 7) is 1.15. The summed E-state index contributed by atoms with van der Waals surface area (Å²) in [6.07, 6.45) is 0. The predicted octanol–water partition coefficient (Wildman–Crippen LogP) is 0.794. The van der Waals surface area contributed by atoms with Gasteiger partial charge < -0.3 is 15.8 Å². The second kappa shape index (κ2) is 6.27. The third-order valence-corrected chi connectivity index (χ3v) is 1.98. The highest BCUT2D eigenvalue weighted by atomic mass is 35.5. The third kappa shape index (κ3) is 4.67. The molecule has 5 heteroatoms. The number of para-hydroxylation sites is 1. The monoisotopic (exact) mass is 228 g/mol. The molecular formula is C10H13ClN2O2. The van der Waals surface area contributed by atoms with Gasteiger partial charge in [-0.3, -0.25) is 4.79 Å². The van der Waals surface area contributed by atoms with Crippen LogP contribution in [0.15, 0.2) is 24.3 Å². The zero-order valence-electron chi connectivity index (χ0n) is 8.20. The van der Waals surface area contributed by atoms with Crippen LogP contribution >= 0.6 is 11.6 Å². The Morgan fingerprint density at radius 2 is 2.20 bits per heavy atom. The molecule has 1 rings (SSSR count). The van der Waals surface area contributed by atoms with Crippen LogP contribution < -0.4 is 15.8 Å². The van der Waals surface area contributed by atoms with Gasteiger partial charge in [0.1, 0.15) is 12.4 Å². The standard InChI is InChI=1S/C10H13ClN2O2/c11-8-3-1-2-4-9(8)15-6-5-13-7-10(12)14/h1-4,13H,5-7H2,(H2,12,14). The van der Waals surface area contributed by atoms with Crippen LogP contribution in [-0.4, -0.2) is 25.6 Å². The van der Waals surface area contributed by atoms with Crippen LogP contribution in [0.1, 0.15) is 0 Å². The minimum absolute atomic E-state index is 0.159. The first-order chi connectivity index (χ1) is 7.20. The number of amides is 1. The molecule has 15 heavy (non-hydrogen) atoms. The van der Waals surface area contributed by atoms with Crippen LogP contribution in [0, 0.1) is 0 Å². The first-order valence-electron chi connectivity index (χ1n) is 4.56. The lowest BCUT2D eigenvalue weighted by molar-refractivity contribution is -0.117. The van der Waals surface area contributed by atoms with Gasteiger partial charge in [-0.25, -0.2) is 0 Å². The van der Waals surface area contributed by atoms with Crippen molar-refractivity contribution >= 4 is 17.5 Å². The SMILES string of the molecule is NC(=O)CNCCOc1ccccc1Cl. The molecule has 82 valence electrons. The van der Waals surface area contributed by atoms with Gasteiger partial charge in [0.05, 0.1) is 11.6 Å². The fourth-order valence-electron chi connectivity index (χ4n) is 1.01. The first-order valence-corrected chi connectivity index (χ1v) is 4.94. The minimum Gasteiger partial charge on any atom is -0.491 e. The predicted molar refractivity (Wildman–Crippen MR) is 59.0 cm³/mol. The van der Waals surface area contributed by atoms with Gasteiger partial charge in [0.2, 0.25) is 5.91 Å². The van der Waals surface area contributed by atoms with E-state index in [9.17, 15) is 4.79 Å². The van der Waals surface area contributed by atoms with E-state index in [1.807, 2.05) is 12.1 Å². The summed E-state index contributed by atoms with van der Waals surface area (Å²) in [4.78, 5) is 10.4. The molecule has 0 unspecified atom stereocenters. The molecule has 0 aliphatic carbocycles. The number of ether oxygens (including phenoxy) is 1. The molecule has 0 aliphatic heterocycles. The topological polar surface area (TPSA) is 64.4 Å². The van der Waals surface area contributed by atoms with Crippen molar-refractivity contribution in [1.82, 2.24) is 5.32 Å². The zero-order chi connectivity index (χ0) is 11.1. The summed E-state index contributed by atoms with van der Waals surface area (Å²) in [5, 5.41) is 3.41. The molecule has 0 aromatic heterocycles. The molecule has 3 N–H and O–H groups in total. The Morgan fingerprint density at radius 1 is 1.47 bits per heavy atom. The molecule has 0 atom stereocenters. The van der Waals surface area contributed by atoms with Crippen LogP contribution in [0.5, 0.6) is 5.75 Å². The highest BCUT2D eigenvalue weighted by Crippen LogP contribution is 2.22. The quantitative estimate of drug-likeness (QED) is 0.708. The molecular weight excluding hydrogens is 216 g/mol. The molecule has 0 radical (unpaired) electrons. The molecule has 1 aromatic rings. The number of nitrogens with two attached hydrogens (primary N) is 1. The van der Waals surface area contributed by atoms with E-state index in [0.717, 1.165) is 0 Å². The van der Waals surface area contributed by atoms with Gasteiger partial charge in [0.15, 0.2) is 0 Å². The maximum absolute atomic E-state index is 10.4. The van der Waals surface area contributed by atoms with Crippen molar-refractivity contribution in [2.24, 2.45) is 5.73 Å². The molecule has 0 saturated carbocycles. The van der Waals surface area contributed by atoms with Crippen molar-refractivity contribution in [2.45, 2.75) is 0 Å². The molecule has 0 fully saturated rings. The molecule has 0 spiro atoms. The fraction of sp³-hybridized carbons (Fsp3) is 0.300. The lowest BCUT2D eigenvalue weighted by Gasteiger charge is -2.07.